The van der Waals surface area contributed by atoms with Gasteiger partial charge in [0.1, 0.15) is 17.8 Å². The number of likely N-dealkylation sites (tertiary alicyclic amines) is 1. The first-order chi connectivity index (χ1) is 15.0. The Kier molecular flexibility index (Phi) is 9.08. The number of aliphatic hydroxyl groups excluding tert-OH is 1. The zero-order valence-corrected chi connectivity index (χ0v) is 20.4. The molecule has 1 aromatic carbocycles. The number of rotatable bonds is 6. The summed E-state index contributed by atoms with van der Waals surface area (Å²) in [6, 6.07) is 9.09. The maximum Gasteiger partial charge on any atom is 0.240 e. The fourth-order valence-corrected chi connectivity index (χ4v) is 4.45. The molecule has 2 aromatic heterocycles. The van der Waals surface area contributed by atoms with Gasteiger partial charge in [0, 0.05) is 18.3 Å². The number of nitrogens with two attached hydrogens (primary N) is 2. The Labute approximate surface area is 206 Å². The van der Waals surface area contributed by atoms with E-state index in [0.29, 0.717) is 18.8 Å². The van der Waals surface area contributed by atoms with Crippen LogP contribution < -0.4 is 11.5 Å². The number of nitrogen functional groups attached to an aromatic ring is 1. The minimum atomic E-state index is -0.572. The van der Waals surface area contributed by atoms with Crippen molar-refractivity contribution in [2.45, 2.75) is 44.8 Å². The molecule has 1 aliphatic rings. The van der Waals surface area contributed by atoms with Crippen LogP contribution in [0.2, 0.25) is 0 Å². The molecular formula is C23H32Cl2N6O2. The van der Waals surface area contributed by atoms with E-state index in [1.54, 1.807) is 4.90 Å². The van der Waals surface area contributed by atoms with Gasteiger partial charge in [-0.3, -0.25) is 4.79 Å². The van der Waals surface area contributed by atoms with E-state index < -0.39 is 6.04 Å². The minimum Gasteiger partial charge on any atom is -0.394 e. The lowest BCUT2D eigenvalue weighted by atomic mass is 9.98. The number of halogens is 2. The van der Waals surface area contributed by atoms with Crippen molar-refractivity contribution in [3.8, 4) is 11.1 Å². The van der Waals surface area contributed by atoms with Crippen LogP contribution in [0.5, 0.6) is 0 Å². The summed E-state index contributed by atoms with van der Waals surface area (Å²) in [6.07, 6.45) is 4.94. The number of amides is 1. The average molecular weight is 495 g/mol. The third kappa shape index (κ3) is 4.94. The Morgan fingerprint density at radius 1 is 1.24 bits per heavy atom. The predicted molar refractivity (Wildman–Crippen MR) is 136 cm³/mol. The first-order valence-corrected chi connectivity index (χ1v) is 10.8. The first-order valence-electron chi connectivity index (χ1n) is 10.8. The van der Waals surface area contributed by atoms with E-state index in [-0.39, 0.29) is 55.3 Å². The van der Waals surface area contributed by atoms with E-state index >= 15 is 0 Å². The summed E-state index contributed by atoms with van der Waals surface area (Å²) < 4.78 is 2.07. The highest BCUT2D eigenvalue weighted by Gasteiger charge is 2.39. The summed E-state index contributed by atoms with van der Waals surface area (Å²) in [5.41, 5.74) is 15.2. The Bertz CT molecular complexity index is 1080. The van der Waals surface area contributed by atoms with E-state index in [9.17, 15) is 9.90 Å². The molecule has 0 saturated carbocycles. The van der Waals surface area contributed by atoms with Crippen LogP contribution in [0.25, 0.3) is 22.2 Å². The van der Waals surface area contributed by atoms with E-state index in [1.807, 2.05) is 50.4 Å². The standard InChI is InChI=1S/C23H30N6O2.2ClH/c1-3-14(2)20(24)23(31)29-10-16(9-17(29)12-30)28-11-18(15-7-5-4-6-8-15)19-21(25)26-13-27-22(19)28;;/h4-8,11,13-14,16-17,20,30H,3,9-10,12,24H2,1-2H3,(H2,25,26,27);2*1H. The molecule has 180 valence electrons. The number of carbonyl (C=O) groups is 1. The number of aromatic nitrogens is 3. The fourth-order valence-electron chi connectivity index (χ4n) is 4.45. The van der Waals surface area contributed by atoms with Gasteiger partial charge in [-0.25, -0.2) is 9.97 Å². The largest absolute Gasteiger partial charge is 0.394 e. The maximum absolute atomic E-state index is 13.1. The molecule has 10 heteroatoms. The highest BCUT2D eigenvalue weighted by atomic mass is 35.5. The van der Waals surface area contributed by atoms with Crippen LogP contribution in [-0.2, 0) is 4.79 Å². The molecular weight excluding hydrogens is 463 g/mol. The number of benzene rings is 1. The van der Waals surface area contributed by atoms with Crippen molar-refractivity contribution >= 4 is 47.6 Å². The number of nitrogens with zero attached hydrogens (tertiary/aromatic N) is 4. The molecule has 33 heavy (non-hydrogen) atoms. The molecule has 1 aliphatic heterocycles. The third-order valence-corrected chi connectivity index (χ3v) is 6.55. The highest BCUT2D eigenvalue weighted by molar-refractivity contribution is 6.00. The van der Waals surface area contributed by atoms with E-state index in [2.05, 4.69) is 14.5 Å². The molecule has 0 aliphatic carbocycles. The molecule has 4 unspecified atom stereocenters. The van der Waals surface area contributed by atoms with Crippen LogP contribution in [0.1, 0.15) is 32.7 Å². The second kappa shape index (κ2) is 11.2. The van der Waals surface area contributed by atoms with E-state index in [0.717, 1.165) is 28.6 Å². The molecule has 1 fully saturated rings. The lowest BCUT2D eigenvalue weighted by Crippen LogP contribution is -2.49. The Balaban J connectivity index is 0.00000193. The minimum absolute atomic E-state index is 0. The average Bonchev–Trinajstić information content (AvgIpc) is 3.40. The van der Waals surface area contributed by atoms with Gasteiger partial charge in [0.15, 0.2) is 0 Å². The number of carbonyl (C=O) groups excluding carboxylic acids is 1. The highest BCUT2D eigenvalue weighted by Crippen LogP contribution is 2.37. The van der Waals surface area contributed by atoms with Crippen molar-refractivity contribution in [3.05, 3.63) is 42.9 Å². The number of hydrogen-bond donors (Lipinski definition) is 3. The van der Waals surface area contributed by atoms with E-state index in [1.165, 1.54) is 6.33 Å². The van der Waals surface area contributed by atoms with Crippen LogP contribution in [-0.4, -0.2) is 55.7 Å². The summed E-state index contributed by atoms with van der Waals surface area (Å²) >= 11 is 0. The quantitative estimate of drug-likeness (QED) is 0.483. The summed E-state index contributed by atoms with van der Waals surface area (Å²) in [4.78, 5) is 23.5. The molecule has 3 heterocycles. The summed E-state index contributed by atoms with van der Waals surface area (Å²) in [5.74, 6) is 0.395. The second-order valence-electron chi connectivity index (χ2n) is 8.40. The van der Waals surface area contributed by atoms with Crippen molar-refractivity contribution in [2.75, 3.05) is 18.9 Å². The number of fused-ring (bicyclic) bond motifs is 1. The predicted octanol–water partition coefficient (Wildman–Crippen LogP) is 3.03. The zero-order valence-electron chi connectivity index (χ0n) is 18.8. The van der Waals surface area contributed by atoms with Gasteiger partial charge in [-0.05, 0) is 17.9 Å². The number of anilines is 1. The Hall–Kier alpha value is -2.39. The topological polar surface area (TPSA) is 123 Å². The van der Waals surface area contributed by atoms with Crippen molar-refractivity contribution in [1.29, 1.82) is 0 Å². The summed E-state index contributed by atoms with van der Waals surface area (Å²) in [6.45, 7) is 4.37. The van der Waals surface area contributed by atoms with Gasteiger partial charge >= 0.3 is 0 Å². The summed E-state index contributed by atoms with van der Waals surface area (Å²) in [7, 11) is 0. The summed E-state index contributed by atoms with van der Waals surface area (Å²) in [5, 5.41) is 10.8. The van der Waals surface area contributed by atoms with Gasteiger partial charge in [0.25, 0.3) is 0 Å². The van der Waals surface area contributed by atoms with Crippen molar-refractivity contribution in [2.24, 2.45) is 11.7 Å². The van der Waals surface area contributed by atoms with Gasteiger partial charge in [0.2, 0.25) is 5.91 Å². The van der Waals surface area contributed by atoms with Crippen molar-refractivity contribution in [3.63, 3.8) is 0 Å². The third-order valence-electron chi connectivity index (χ3n) is 6.55. The SMILES string of the molecule is CCC(C)C(N)C(=O)N1CC(n2cc(-c3ccccc3)c3c(N)ncnc32)CC1CO.Cl.Cl. The normalized spacial score (nSPS) is 19.6. The molecule has 4 rings (SSSR count). The molecule has 3 aromatic rings. The molecule has 4 atom stereocenters. The monoisotopic (exact) mass is 494 g/mol. The van der Waals surface area contributed by atoms with Crippen molar-refractivity contribution < 1.29 is 9.90 Å². The van der Waals surface area contributed by atoms with Crippen LogP contribution in [0.15, 0.2) is 42.9 Å². The second-order valence-corrected chi connectivity index (χ2v) is 8.40. The molecule has 8 nitrogen and oxygen atoms in total. The lowest BCUT2D eigenvalue weighted by Gasteiger charge is -2.28. The fraction of sp³-hybridized carbons (Fsp3) is 0.435. The van der Waals surface area contributed by atoms with Crippen LogP contribution in [0.3, 0.4) is 0 Å². The molecule has 1 saturated heterocycles. The van der Waals surface area contributed by atoms with Crippen LogP contribution >= 0.6 is 24.8 Å². The molecule has 1 amide bonds. The van der Waals surface area contributed by atoms with Gasteiger partial charge in [-0.1, -0.05) is 50.6 Å². The number of aliphatic hydroxyl groups is 1. The smallest absolute Gasteiger partial charge is 0.240 e. The molecule has 0 bridgehead atoms. The maximum atomic E-state index is 13.1. The van der Waals surface area contributed by atoms with Gasteiger partial charge in [-0.15, -0.1) is 24.8 Å². The molecule has 5 N–H and O–H groups in total. The van der Waals surface area contributed by atoms with Crippen molar-refractivity contribution in [1.82, 2.24) is 19.4 Å². The Morgan fingerprint density at radius 2 is 1.94 bits per heavy atom. The van der Waals surface area contributed by atoms with Crippen LogP contribution in [0.4, 0.5) is 5.82 Å². The van der Waals surface area contributed by atoms with E-state index in [4.69, 9.17) is 11.5 Å². The lowest BCUT2D eigenvalue weighted by molar-refractivity contribution is -0.135. The molecule has 0 spiro atoms. The number of hydrogen-bond acceptors (Lipinski definition) is 6. The molecule has 0 radical (unpaired) electrons. The van der Waals surface area contributed by atoms with Gasteiger partial charge in [0.05, 0.1) is 30.1 Å². The van der Waals surface area contributed by atoms with Gasteiger partial charge < -0.3 is 26.0 Å². The first kappa shape index (κ1) is 26.9. The Morgan fingerprint density at radius 3 is 2.58 bits per heavy atom. The zero-order chi connectivity index (χ0) is 22.1. The van der Waals surface area contributed by atoms with Crippen LogP contribution in [0, 0.1) is 5.92 Å². The van der Waals surface area contributed by atoms with Gasteiger partial charge in [-0.2, -0.15) is 0 Å².